The number of nitrogens with zero attached hydrogens (tertiary/aromatic N) is 2. The minimum atomic E-state index is -3.01. The maximum atomic E-state index is 14.9. The average Bonchev–Trinajstić information content (AvgIpc) is 3.31. The molecular weight excluding hydrogens is 404 g/mol. The Morgan fingerprint density at radius 3 is 2.81 bits per heavy atom. The molecular formula is C22H25F2N5O2. The second kappa shape index (κ2) is 6.40. The number of alkyl carbamates (subject to hydrolysis) is 1. The van der Waals surface area contributed by atoms with E-state index < -0.39 is 5.92 Å². The van der Waals surface area contributed by atoms with Gasteiger partial charge in [-0.25, -0.2) is 4.79 Å². The van der Waals surface area contributed by atoms with E-state index in [-0.39, 0.29) is 41.2 Å². The molecule has 8 bridgehead atoms. The van der Waals surface area contributed by atoms with Crippen LogP contribution in [0.5, 0.6) is 0 Å². The molecule has 9 rings (SSSR count). The number of carbonyl (C=O) groups excluding carboxylic acids is 1. The fourth-order valence-corrected chi connectivity index (χ4v) is 6.14. The van der Waals surface area contributed by atoms with Crippen molar-refractivity contribution in [1.82, 2.24) is 20.5 Å². The van der Waals surface area contributed by atoms with Crippen LogP contribution in [0.25, 0.3) is 0 Å². The predicted octanol–water partition coefficient (Wildman–Crippen LogP) is 4.72. The van der Waals surface area contributed by atoms with E-state index in [9.17, 15) is 13.6 Å². The molecule has 0 saturated heterocycles. The van der Waals surface area contributed by atoms with E-state index in [1.165, 1.54) is 12.3 Å². The maximum Gasteiger partial charge on any atom is 0.407 e. The summed E-state index contributed by atoms with van der Waals surface area (Å²) in [6.07, 6.45) is 5.82. The number of carbonyl (C=O) groups is 1. The van der Waals surface area contributed by atoms with Crippen LogP contribution in [0.1, 0.15) is 68.7 Å². The number of alkyl halides is 2. The van der Waals surface area contributed by atoms with Crippen LogP contribution in [0.3, 0.4) is 0 Å². The summed E-state index contributed by atoms with van der Waals surface area (Å²) in [5, 5.41) is 13.4. The summed E-state index contributed by atoms with van der Waals surface area (Å²) in [5.74, 6) is -2.22. The number of H-pyrrole nitrogens is 1. The van der Waals surface area contributed by atoms with E-state index in [1.807, 2.05) is 6.07 Å². The maximum absolute atomic E-state index is 14.9. The Labute approximate surface area is 178 Å². The zero-order valence-corrected chi connectivity index (χ0v) is 17.1. The Morgan fingerprint density at radius 1 is 1.13 bits per heavy atom. The number of nitrogens with one attached hydrogen (secondary N) is 3. The van der Waals surface area contributed by atoms with Gasteiger partial charge in [-0.15, -0.1) is 0 Å². The van der Waals surface area contributed by atoms with E-state index in [4.69, 9.17) is 4.74 Å². The zero-order chi connectivity index (χ0) is 21.3. The van der Waals surface area contributed by atoms with Crippen molar-refractivity contribution >= 4 is 17.6 Å². The Morgan fingerprint density at radius 2 is 1.97 bits per heavy atom. The molecule has 2 aromatic rings. The van der Waals surface area contributed by atoms with Crippen LogP contribution in [0.4, 0.5) is 25.1 Å². The smallest absolute Gasteiger partial charge is 0.407 e. The standard InChI is InChI=1S/C22H25F2N5O2/c23-22(24)5-4-20-10-21(11-20,12-20)27-19(30)31-15-2-1-13(7-15)16-9-18(29-28-16)26-14-3-6-25-17(22)8-14/h3,6,8-9,13,15H,1-2,4-5,7,10-12H2,(H,27,30)(H2,26,28,29)/t13-,15+,20?,21?/m0/s1. The van der Waals surface area contributed by atoms with Gasteiger partial charge in [0, 0.05) is 41.5 Å². The fourth-order valence-electron chi connectivity index (χ4n) is 6.14. The monoisotopic (exact) mass is 429 g/mol. The molecule has 4 saturated carbocycles. The highest BCUT2D eigenvalue weighted by atomic mass is 19.3. The third-order valence-corrected chi connectivity index (χ3v) is 7.58. The summed E-state index contributed by atoms with van der Waals surface area (Å²) in [6, 6.07) is 4.96. The van der Waals surface area contributed by atoms with Gasteiger partial charge in [-0.2, -0.15) is 13.9 Å². The van der Waals surface area contributed by atoms with Crippen molar-refractivity contribution in [2.24, 2.45) is 5.41 Å². The molecule has 3 aliphatic heterocycles. The van der Waals surface area contributed by atoms with Crippen LogP contribution in [0.2, 0.25) is 0 Å². The van der Waals surface area contributed by atoms with Crippen LogP contribution in [-0.2, 0) is 10.7 Å². The third-order valence-electron chi connectivity index (χ3n) is 7.58. The molecule has 2 atom stereocenters. The number of rotatable bonds is 0. The van der Waals surface area contributed by atoms with Crippen LogP contribution in [-0.4, -0.2) is 32.9 Å². The van der Waals surface area contributed by atoms with Crippen LogP contribution in [0, 0.1) is 5.41 Å². The lowest BCUT2D eigenvalue weighted by Gasteiger charge is -2.71. The van der Waals surface area contributed by atoms with Gasteiger partial charge >= 0.3 is 6.09 Å². The number of pyridine rings is 1. The number of halogens is 2. The van der Waals surface area contributed by atoms with Crippen LogP contribution in [0.15, 0.2) is 24.4 Å². The molecule has 7 nitrogen and oxygen atoms in total. The van der Waals surface area contributed by atoms with Gasteiger partial charge in [0.25, 0.3) is 5.92 Å². The second-order valence-electron chi connectivity index (χ2n) is 9.94. The van der Waals surface area contributed by atoms with Gasteiger partial charge in [-0.3, -0.25) is 10.1 Å². The Kier molecular flexibility index (Phi) is 3.92. The molecule has 5 heterocycles. The van der Waals surface area contributed by atoms with Crippen molar-refractivity contribution in [3.8, 4) is 0 Å². The highest BCUT2D eigenvalue weighted by molar-refractivity contribution is 5.69. The fraction of sp³-hybridized carbons (Fsp3) is 0.591. The topological polar surface area (TPSA) is 91.9 Å². The first-order valence-corrected chi connectivity index (χ1v) is 11.0. The lowest BCUT2D eigenvalue weighted by Crippen LogP contribution is -2.74. The zero-order valence-electron chi connectivity index (χ0n) is 17.1. The lowest BCUT2D eigenvalue weighted by atomic mass is 9.38. The SMILES string of the molecule is O=C1NC23CC(CCC(F)(F)c4cc(ccn4)Nc4cc([nH]n4)[C@H]4CC[C@H](C4)O1)(C2)C3. The van der Waals surface area contributed by atoms with E-state index in [0.29, 0.717) is 17.9 Å². The molecule has 0 spiro atoms. The normalized spacial score (nSPS) is 35.7. The molecule has 7 aliphatic rings. The van der Waals surface area contributed by atoms with Gasteiger partial charge in [0.1, 0.15) is 11.8 Å². The van der Waals surface area contributed by atoms with Gasteiger partial charge < -0.3 is 15.4 Å². The summed E-state index contributed by atoms with van der Waals surface area (Å²) >= 11 is 0. The molecule has 1 amide bonds. The largest absolute Gasteiger partial charge is 0.446 e. The quantitative estimate of drug-likeness (QED) is 0.564. The molecule has 9 heteroatoms. The highest BCUT2D eigenvalue weighted by Gasteiger charge is 2.68. The number of ether oxygens (including phenoxy) is 1. The second-order valence-corrected chi connectivity index (χ2v) is 9.94. The van der Waals surface area contributed by atoms with Gasteiger partial charge in [-0.1, -0.05) is 0 Å². The number of hydrogen-bond acceptors (Lipinski definition) is 5. The number of aromatic nitrogens is 3. The average molecular weight is 429 g/mol. The van der Waals surface area contributed by atoms with Gasteiger partial charge in [0.2, 0.25) is 0 Å². The van der Waals surface area contributed by atoms with E-state index in [0.717, 1.165) is 44.2 Å². The first kappa shape index (κ1) is 19.0. The Balaban J connectivity index is 1.28. The van der Waals surface area contributed by atoms with Gasteiger partial charge in [0.05, 0.1) is 0 Å². The van der Waals surface area contributed by atoms with Crippen molar-refractivity contribution in [1.29, 1.82) is 0 Å². The highest BCUT2D eigenvalue weighted by Crippen LogP contribution is 2.70. The van der Waals surface area contributed by atoms with Crippen molar-refractivity contribution in [2.75, 3.05) is 5.32 Å². The number of anilines is 2. The summed E-state index contributed by atoms with van der Waals surface area (Å²) in [7, 11) is 0. The lowest BCUT2D eigenvalue weighted by molar-refractivity contribution is -0.168. The minimum Gasteiger partial charge on any atom is -0.446 e. The first-order chi connectivity index (χ1) is 14.8. The van der Waals surface area contributed by atoms with E-state index >= 15 is 0 Å². The Bertz CT molecular complexity index is 1020. The van der Waals surface area contributed by atoms with Crippen LogP contribution < -0.4 is 10.6 Å². The predicted molar refractivity (Wildman–Crippen MR) is 108 cm³/mol. The summed E-state index contributed by atoms with van der Waals surface area (Å²) in [4.78, 5) is 16.4. The van der Waals surface area contributed by atoms with Crippen molar-refractivity contribution < 1.29 is 18.3 Å². The van der Waals surface area contributed by atoms with Crippen LogP contribution >= 0.6 is 0 Å². The summed E-state index contributed by atoms with van der Waals surface area (Å²) < 4.78 is 35.5. The summed E-state index contributed by atoms with van der Waals surface area (Å²) in [6.45, 7) is 0. The van der Waals surface area contributed by atoms with Gasteiger partial charge in [-0.05, 0) is 62.5 Å². The van der Waals surface area contributed by atoms with E-state index in [1.54, 1.807) is 6.07 Å². The van der Waals surface area contributed by atoms with Crippen molar-refractivity contribution in [3.05, 3.63) is 35.8 Å². The van der Waals surface area contributed by atoms with Crippen molar-refractivity contribution in [3.63, 3.8) is 0 Å². The molecule has 4 fully saturated rings. The molecule has 31 heavy (non-hydrogen) atoms. The van der Waals surface area contributed by atoms with Gasteiger partial charge in [0.15, 0.2) is 5.82 Å². The molecule has 3 N–H and O–H groups in total. The first-order valence-electron chi connectivity index (χ1n) is 11.0. The number of amides is 1. The molecule has 2 aromatic heterocycles. The summed E-state index contributed by atoms with van der Waals surface area (Å²) in [5.41, 5.74) is 0.917. The minimum absolute atomic E-state index is 0.0842. The van der Waals surface area contributed by atoms with Crippen molar-refractivity contribution in [2.45, 2.75) is 74.8 Å². The number of aromatic amines is 1. The molecule has 0 unspecified atom stereocenters. The Hall–Kier alpha value is -2.71. The third kappa shape index (κ3) is 3.25. The molecule has 0 radical (unpaired) electrons. The molecule has 164 valence electrons. The number of hydrogen-bond donors (Lipinski definition) is 3. The molecule has 4 aliphatic carbocycles. The van der Waals surface area contributed by atoms with E-state index in [2.05, 4.69) is 25.8 Å². The molecule has 0 aromatic carbocycles.